The van der Waals surface area contributed by atoms with Crippen LogP contribution in [-0.4, -0.2) is 28.1 Å². The summed E-state index contributed by atoms with van der Waals surface area (Å²) in [7, 11) is 0. The molecule has 6 rings (SSSR count). The number of thioether (sulfide) groups is 1. The van der Waals surface area contributed by atoms with Gasteiger partial charge in [0.05, 0.1) is 10.2 Å². The fourth-order valence-corrected chi connectivity index (χ4v) is 7.98. The molecule has 3 aromatic carbocycles. The molecule has 186 valence electrons. The Morgan fingerprint density at radius 3 is 2.51 bits per heavy atom. The summed E-state index contributed by atoms with van der Waals surface area (Å²) >= 11 is 5.16. The van der Waals surface area contributed by atoms with Crippen LogP contribution in [0.1, 0.15) is 22.4 Å². The molecule has 4 nitrogen and oxygen atoms in total. The first-order chi connectivity index (χ1) is 18.2. The highest BCUT2D eigenvalue weighted by Gasteiger charge is 2.27. The maximum Gasteiger partial charge on any atom is 0.225 e. The summed E-state index contributed by atoms with van der Waals surface area (Å²) in [6.07, 6.45) is 1.44. The summed E-state index contributed by atoms with van der Waals surface area (Å²) < 4.78 is 1.18. The van der Waals surface area contributed by atoms with Gasteiger partial charge in [-0.25, -0.2) is 4.98 Å². The molecule has 1 N–H and O–H groups in total. The van der Waals surface area contributed by atoms with Gasteiger partial charge >= 0.3 is 0 Å². The van der Waals surface area contributed by atoms with Crippen molar-refractivity contribution in [2.75, 3.05) is 17.6 Å². The molecule has 0 fully saturated rings. The molecule has 0 unspecified atom stereocenters. The average Bonchev–Trinajstić information content (AvgIpc) is 3.50. The number of aromatic nitrogens is 1. The minimum Gasteiger partial charge on any atom is -0.317 e. The Morgan fingerprint density at radius 1 is 0.946 bits per heavy atom. The molecule has 5 aromatic rings. The first kappa shape index (κ1) is 24.4. The molecule has 3 heterocycles. The second kappa shape index (κ2) is 11.2. The first-order valence-electron chi connectivity index (χ1n) is 12.5. The van der Waals surface area contributed by atoms with Gasteiger partial charge in [-0.15, -0.1) is 34.4 Å². The van der Waals surface area contributed by atoms with Crippen LogP contribution >= 0.6 is 34.4 Å². The van der Waals surface area contributed by atoms with E-state index in [0.717, 1.165) is 52.9 Å². The Bertz CT molecular complexity index is 1480. The summed E-state index contributed by atoms with van der Waals surface area (Å²) in [5.41, 5.74) is 4.82. The Kier molecular flexibility index (Phi) is 7.37. The van der Waals surface area contributed by atoms with Crippen LogP contribution in [0.4, 0.5) is 5.00 Å². The zero-order chi connectivity index (χ0) is 25.0. The lowest BCUT2D eigenvalue weighted by Crippen LogP contribution is -2.29. The maximum atomic E-state index is 13.0. The number of benzene rings is 3. The highest BCUT2D eigenvalue weighted by molar-refractivity contribution is 7.99. The molecule has 0 bridgehead atoms. The summed E-state index contributed by atoms with van der Waals surface area (Å²) in [6.45, 7) is 2.83. The van der Waals surface area contributed by atoms with Gasteiger partial charge in [-0.3, -0.25) is 9.69 Å². The smallest absolute Gasteiger partial charge is 0.225 e. The number of fused-ring (bicyclic) bond motifs is 2. The number of nitrogens with zero attached hydrogens (tertiary/aromatic N) is 2. The molecule has 0 saturated carbocycles. The summed E-state index contributed by atoms with van der Waals surface area (Å²) in [6, 6.07) is 29.2. The van der Waals surface area contributed by atoms with E-state index in [-0.39, 0.29) is 5.91 Å². The van der Waals surface area contributed by atoms with E-state index in [1.54, 1.807) is 34.4 Å². The standard InChI is InChI=1S/C30H27N3OS3/c34-27(16-18-35-22-11-5-2-6-12-22)32-30-28(29-31-24-13-7-8-14-25(24)36-29)23-15-17-33(20-26(23)37-30)19-21-9-3-1-4-10-21/h1-14H,15-20H2,(H,32,34). The van der Waals surface area contributed by atoms with Crippen LogP contribution in [0.25, 0.3) is 20.8 Å². The van der Waals surface area contributed by atoms with Crippen molar-refractivity contribution in [3.63, 3.8) is 0 Å². The molecule has 1 aliphatic heterocycles. The lowest BCUT2D eigenvalue weighted by molar-refractivity contribution is -0.115. The van der Waals surface area contributed by atoms with Crippen LogP contribution in [0.5, 0.6) is 0 Å². The van der Waals surface area contributed by atoms with Crippen LogP contribution in [0.15, 0.2) is 89.8 Å². The maximum absolute atomic E-state index is 13.0. The molecule has 0 atom stereocenters. The van der Waals surface area contributed by atoms with E-state index < -0.39 is 0 Å². The van der Waals surface area contributed by atoms with Gasteiger partial charge in [0, 0.05) is 47.1 Å². The van der Waals surface area contributed by atoms with Crippen molar-refractivity contribution in [1.29, 1.82) is 0 Å². The van der Waals surface area contributed by atoms with Crippen molar-refractivity contribution in [3.05, 3.63) is 101 Å². The van der Waals surface area contributed by atoms with Gasteiger partial charge in [-0.2, -0.15) is 0 Å². The Balaban J connectivity index is 1.24. The summed E-state index contributed by atoms with van der Waals surface area (Å²) in [5, 5.41) is 5.22. The highest BCUT2D eigenvalue weighted by atomic mass is 32.2. The van der Waals surface area contributed by atoms with Gasteiger partial charge in [-0.1, -0.05) is 60.7 Å². The Labute approximate surface area is 229 Å². The van der Waals surface area contributed by atoms with Crippen LogP contribution in [-0.2, 0) is 24.3 Å². The van der Waals surface area contributed by atoms with Crippen molar-refractivity contribution in [2.45, 2.75) is 30.8 Å². The number of para-hydroxylation sites is 1. The van der Waals surface area contributed by atoms with Gasteiger partial charge < -0.3 is 5.32 Å². The van der Waals surface area contributed by atoms with Crippen LogP contribution in [0, 0.1) is 0 Å². The van der Waals surface area contributed by atoms with E-state index in [1.165, 1.54) is 25.6 Å². The molecular formula is C30H27N3OS3. The molecule has 0 saturated heterocycles. The average molecular weight is 542 g/mol. The zero-order valence-corrected chi connectivity index (χ0v) is 22.8. The minimum atomic E-state index is 0.0607. The van der Waals surface area contributed by atoms with Gasteiger partial charge in [0.2, 0.25) is 5.91 Å². The van der Waals surface area contributed by atoms with Crippen LogP contribution < -0.4 is 5.32 Å². The normalized spacial score (nSPS) is 13.5. The minimum absolute atomic E-state index is 0.0607. The van der Waals surface area contributed by atoms with E-state index in [2.05, 4.69) is 70.9 Å². The number of carbonyl (C=O) groups is 1. The number of hydrogen-bond donors (Lipinski definition) is 1. The monoisotopic (exact) mass is 541 g/mol. The summed E-state index contributed by atoms with van der Waals surface area (Å²) in [5.74, 6) is 0.813. The van der Waals surface area contributed by atoms with E-state index in [1.807, 2.05) is 24.3 Å². The third-order valence-corrected chi connectivity index (χ3v) is 9.69. The Morgan fingerprint density at radius 2 is 1.70 bits per heavy atom. The molecule has 0 spiro atoms. The third kappa shape index (κ3) is 5.65. The number of hydrogen-bond acceptors (Lipinski definition) is 6. The van der Waals surface area contributed by atoms with Gasteiger partial charge in [-0.05, 0) is 41.8 Å². The highest BCUT2D eigenvalue weighted by Crippen LogP contribution is 2.46. The van der Waals surface area contributed by atoms with Crippen LogP contribution in [0.3, 0.4) is 0 Å². The molecule has 1 aliphatic rings. The first-order valence-corrected chi connectivity index (χ1v) is 15.1. The molecular weight excluding hydrogens is 515 g/mol. The number of thiophene rings is 1. The molecule has 0 aliphatic carbocycles. The number of thiazole rings is 1. The predicted octanol–water partition coefficient (Wildman–Crippen LogP) is 7.70. The third-order valence-electron chi connectivity index (χ3n) is 6.49. The van der Waals surface area contributed by atoms with E-state index in [0.29, 0.717) is 6.42 Å². The van der Waals surface area contributed by atoms with Crippen molar-refractivity contribution in [2.24, 2.45) is 0 Å². The quantitative estimate of drug-likeness (QED) is 0.204. The largest absolute Gasteiger partial charge is 0.317 e. The van der Waals surface area contributed by atoms with Gasteiger partial charge in [0.1, 0.15) is 10.0 Å². The second-order valence-electron chi connectivity index (χ2n) is 9.10. The lowest BCUT2D eigenvalue weighted by atomic mass is 10.0. The molecule has 2 aromatic heterocycles. The molecule has 37 heavy (non-hydrogen) atoms. The lowest BCUT2D eigenvalue weighted by Gasteiger charge is -2.27. The SMILES string of the molecule is O=C(CCSc1ccccc1)Nc1sc2c(c1-c1nc3ccccc3s1)CCN(Cc1ccccc1)C2. The topological polar surface area (TPSA) is 45.2 Å². The summed E-state index contributed by atoms with van der Waals surface area (Å²) in [4.78, 5) is 23.0. The van der Waals surface area contributed by atoms with E-state index >= 15 is 0 Å². The molecule has 0 radical (unpaired) electrons. The molecule has 7 heteroatoms. The number of rotatable bonds is 8. The predicted molar refractivity (Wildman–Crippen MR) is 158 cm³/mol. The fraction of sp³-hybridized carbons (Fsp3) is 0.200. The van der Waals surface area contributed by atoms with Crippen molar-refractivity contribution >= 4 is 55.6 Å². The van der Waals surface area contributed by atoms with Gasteiger partial charge in [0.15, 0.2) is 0 Å². The van der Waals surface area contributed by atoms with E-state index in [9.17, 15) is 4.79 Å². The van der Waals surface area contributed by atoms with Gasteiger partial charge in [0.25, 0.3) is 0 Å². The zero-order valence-electron chi connectivity index (χ0n) is 20.4. The number of anilines is 1. The van der Waals surface area contributed by atoms with Crippen molar-refractivity contribution in [1.82, 2.24) is 9.88 Å². The number of carbonyl (C=O) groups excluding carboxylic acids is 1. The number of nitrogens with one attached hydrogen (secondary N) is 1. The van der Waals surface area contributed by atoms with E-state index in [4.69, 9.17) is 4.98 Å². The Hall–Kier alpha value is -2.97. The van der Waals surface area contributed by atoms with Crippen LogP contribution in [0.2, 0.25) is 0 Å². The molecule has 1 amide bonds. The van der Waals surface area contributed by atoms with Crippen molar-refractivity contribution in [3.8, 4) is 10.6 Å². The second-order valence-corrected chi connectivity index (χ2v) is 12.4. The number of amides is 1. The van der Waals surface area contributed by atoms with Crippen molar-refractivity contribution < 1.29 is 4.79 Å². The fourth-order valence-electron chi connectivity index (χ4n) is 4.69.